The van der Waals surface area contributed by atoms with E-state index in [1.54, 1.807) is 24.3 Å². The summed E-state index contributed by atoms with van der Waals surface area (Å²) in [4.78, 5) is 11.7. The van der Waals surface area contributed by atoms with Crippen molar-refractivity contribution in [1.29, 1.82) is 0 Å². The number of rotatable bonds is 4. The summed E-state index contributed by atoms with van der Waals surface area (Å²) in [5.41, 5.74) is 6.43. The summed E-state index contributed by atoms with van der Waals surface area (Å²) < 4.78 is 18.2. The Kier molecular flexibility index (Phi) is 4.42. The molecular weight excluding hydrogens is 283 g/mol. The van der Waals surface area contributed by atoms with E-state index >= 15 is 0 Å². The summed E-state index contributed by atoms with van der Waals surface area (Å²) >= 11 is 5.80. The molecule has 104 valence electrons. The third-order valence-electron chi connectivity index (χ3n) is 2.44. The van der Waals surface area contributed by atoms with Crippen LogP contribution in [0.2, 0.25) is 5.02 Å². The maximum absolute atomic E-state index is 13.0. The predicted molar refractivity (Wildman–Crippen MR) is 76.4 cm³/mol. The minimum Gasteiger partial charge on any atom is -0.481 e. The molecule has 0 aliphatic rings. The van der Waals surface area contributed by atoms with Crippen LogP contribution in [0.4, 0.5) is 15.8 Å². The molecule has 0 aliphatic heterocycles. The molecule has 0 aliphatic carbocycles. The lowest BCUT2D eigenvalue weighted by atomic mass is 10.3. The van der Waals surface area contributed by atoms with Crippen LogP contribution in [0.15, 0.2) is 42.5 Å². The van der Waals surface area contributed by atoms with E-state index in [1.165, 1.54) is 12.1 Å². The molecule has 2 aromatic carbocycles. The van der Waals surface area contributed by atoms with Crippen LogP contribution < -0.4 is 15.8 Å². The van der Waals surface area contributed by atoms with Gasteiger partial charge < -0.3 is 15.8 Å². The van der Waals surface area contributed by atoms with Gasteiger partial charge in [-0.05, 0) is 30.3 Å². The molecule has 0 saturated heterocycles. The molecule has 0 spiro atoms. The molecule has 2 rings (SSSR count). The van der Waals surface area contributed by atoms with E-state index < -0.39 is 11.7 Å². The second-order valence-corrected chi connectivity index (χ2v) is 4.47. The van der Waals surface area contributed by atoms with Gasteiger partial charge in [0.15, 0.2) is 6.61 Å². The third kappa shape index (κ3) is 3.86. The number of carbonyl (C=O) groups is 1. The molecular formula is C14H12ClFN2O2. The van der Waals surface area contributed by atoms with Crippen molar-refractivity contribution in [2.45, 2.75) is 0 Å². The number of hydrogen-bond acceptors (Lipinski definition) is 3. The molecule has 0 fully saturated rings. The zero-order valence-corrected chi connectivity index (χ0v) is 11.2. The summed E-state index contributed by atoms with van der Waals surface area (Å²) in [5, 5.41) is 3.12. The molecule has 0 heterocycles. The van der Waals surface area contributed by atoms with Gasteiger partial charge in [-0.25, -0.2) is 4.39 Å². The normalized spacial score (nSPS) is 10.1. The Balaban J connectivity index is 1.94. The Bertz CT molecular complexity index is 634. The first-order valence-corrected chi connectivity index (χ1v) is 6.15. The Morgan fingerprint density at radius 3 is 2.85 bits per heavy atom. The van der Waals surface area contributed by atoms with E-state index in [2.05, 4.69) is 5.32 Å². The maximum Gasteiger partial charge on any atom is 0.262 e. The first-order chi connectivity index (χ1) is 9.54. The quantitative estimate of drug-likeness (QED) is 0.852. The van der Waals surface area contributed by atoms with Gasteiger partial charge in [-0.2, -0.15) is 0 Å². The van der Waals surface area contributed by atoms with Gasteiger partial charge in [0.05, 0.1) is 5.69 Å². The lowest BCUT2D eigenvalue weighted by Crippen LogP contribution is -2.20. The number of amides is 1. The van der Waals surface area contributed by atoms with Gasteiger partial charge in [-0.15, -0.1) is 0 Å². The highest BCUT2D eigenvalue weighted by Gasteiger charge is 2.07. The Labute approximate surface area is 120 Å². The number of nitrogens with two attached hydrogens (primary N) is 1. The minimum atomic E-state index is -0.482. The van der Waals surface area contributed by atoms with Crippen molar-refractivity contribution in [2.75, 3.05) is 17.7 Å². The Morgan fingerprint density at radius 1 is 1.30 bits per heavy atom. The van der Waals surface area contributed by atoms with Gasteiger partial charge in [-0.1, -0.05) is 17.7 Å². The fraction of sp³-hybridized carbons (Fsp3) is 0.0714. The summed E-state index contributed by atoms with van der Waals surface area (Å²) in [5.74, 6) is -0.744. The lowest BCUT2D eigenvalue weighted by Gasteiger charge is -2.09. The Morgan fingerprint density at radius 2 is 2.10 bits per heavy atom. The predicted octanol–water partition coefficient (Wildman–Crippen LogP) is 3.08. The number of anilines is 2. The fourth-order valence-electron chi connectivity index (χ4n) is 1.54. The summed E-state index contributed by atoms with van der Waals surface area (Å²) in [6.45, 7) is -0.278. The highest BCUT2D eigenvalue weighted by atomic mass is 35.5. The van der Waals surface area contributed by atoms with E-state index in [1.807, 2.05) is 0 Å². The van der Waals surface area contributed by atoms with E-state index in [9.17, 15) is 9.18 Å². The monoisotopic (exact) mass is 294 g/mol. The van der Waals surface area contributed by atoms with Crippen LogP contribution in [0.1, 0.15) is 0 Å². The molecule has 3 N–H and O–H groups in total. The molecule has 4 nitrogen and oxygen atoms in total. The second kappa shape index (κ2) is 6.25. The molecule has 0 radical (unpaired) electrons. The van der Waals surface area contributed by atoms with Crippen molar-refractivity contribution in [1.82, 2.24) is 0 Å². The van der Waals surface area contributed by atoms with Gasteiger partial charge in [0.25, 0.3) is 5.91 Å². The number of hydrogen-bond donors (Lipinski definition) is 2. The van der Waals surface area contributed by atoms with E-state index in [0.717, 1.165) is 6.07 Å². The minimum absolute atomic E-state index is 0.131. The van der Waals surface area contributed by atoms with Crippen molar-refractivity contribution in [3.63, 3.8) is 0 Å². The number of ether oxygens (including phenoxy) is 1. The van der Waals surface area contributed by atoms with Crippen LogP contribution in [-0.4, -0.2) is 12.5 Å². The number of halogens is 2. The number of carbonyl (C=O) groups excluding carboxylic acids is 1. The van der Waals surface area contributed by atoms with Gasteiger partial charge in [-0.3, -0.25) is 4.79 Å². The standard InChI is InChI=1S/C14H12ClFN2O2/c15-9-2-1-3-11(6-9)18-14(19)8-20-13-7-10(16)4-5-12(13)17/h1-7H,8,17H2,(H,18,19). The molecule has 0 bridgehead atoms. The molecule has 1 amide bonds. The fourth-order valence-corrected chi connectivity index (χ4v) is 1.73. The molecule has 0 unspecified atom stereocenters. The zero-order chi connectivity index (χ0) is 14.5. The number of nitrogen functional groups attached to an aromatic ring is 1. The Hall–Kier alpha value is -2.27. The van der Waals surface area contributed by atoms with Crippen LogP contribution in [0, 0.1) is 5.82 Å². The van der Waals surface area contributed by atoms with Crippen molar-refractivity contribution in [3.8, 4) is 5.75 Å². The molecule has 20 heavy (non-hydrogen) atoms. The van der Waals surface area contributed by atoms with E-state index in [0.29, 0.717) is 10.7 Å². The second-order valence-electron chi connectivity index (χ2n) is 4.03. The first kappa shape index (κ1) is 14.1. The van der Waals surface area contributed by atoms with Crippen LogP contribution in [0.5, 0.6) is 5.75 Å². The smallest absolute Gasteiger partial charge is 0.262 e. The summed E-state index contributed by atoms with van der Waals surface area (Å²) in [7, 11) is 0. The molecule has 6 heteroatoms. The van der Waals surface area contributed by atoms with Crippen molar-refractivity contribution < 1.29 is 13.9 Å². The largest absolute Gasteiger partial charge is 0.481 e. The highest BCUT2D eigenvalue weighted by molar-refractivity contribution is 6.30. The van der Waals surface area contributed by atoms with Crippen molar-refractivity contribution in [3.05, 3.63) is 53.3 Å². The number of benzene rings is 2. The van der Waals surface area contributed by atoms with Gasteiger partial charge in [0.1, 0.15) is 11.6 Å². The topological polar surface area (TPSA) is 64.3 Å². The van der Waals surface area contributed by atoms with Gasteiger partial charge in [0.2, 0.25) is 0 Å². The average Bonchev–Trinajstić information content (AvgIpc) is 2.40. The zero-order valence-electron chi connectivity index (χ0n) is 10.4. The van der Waals surface area contributed by atoms with Crippen molar-refractivity contribution >= 4 is 28.9 Å². The molecule has 0 aromatic heterocycles. The summed E-state index contributed by atoms with van der Waals surface area (Å²) in [6.07, 6.45) is 0. The maximum atomic E-state index is 13.0. The first-order valence-electron chi connectivity index (χ1n) is 5.78. The van der Waals surface area contributed by atoms with E-state index in [4.69, 9.17) is 22.1 Å². The molecule has 0 atom stereocenters. The lowest BCUT2D eigenvalue weighted by molar-refractivity contribution is -0.118. The highest BCUT2D eigenvalue weighted by Crippen LogP contribution is 2.22. The summed E-state index contributed by atoms with van der Waals surface area (Å²) in [6, 6.07) is 10.4. The van der Waals surface area contributed by atoms with Crippen LogP contribution in [0.25, 0.3) is 0 Å². The number of nitrogens with one attached hydrogen (secondary N) is 1. The van der Waals surface area contributed by atoms with Gasteiger partial charge in [0, 0.05) is 16.8 Å². The van der Waals surface area contributed by atoms with E-state index in [-0.39, 0.29) is 18.0 Å². The van der Waals surface area contributed by atoms with Crippen LogP contribution in [0.3, 0.4) is 0 Å². The molecule has 0 saturated carbocycles. The van der Waals surface area contributed by atoms with Crippen molar-refractivity contribution in [2.24, 2.45) is 0 Å². The van der Waals surface area contributed by atoms with Crippen LogP contribution >= 0.6 is 11.6 Å². The SMILES string of the molecule is Nc1ccc(F)cc1OCC(=O)Nc1cccc(Cl)c1. The third-order valence-corrected chi connectivity index (χ3v) is 2.68. The molecule has 2 aromatic rings. The van der Waals surface area contributed by atoms with Gasteiger partial charge >= 0.3 is 0 Å². The average molecular weight is 295 g/mol. The van der Waals surface area contributed by atoms with Crippen LogP contribution in [-0.2, 0) is 4.79 Å².